The first-order chi connectivity index (χ1) is 16.2. The highest BCUT2D eigenvalue weighted by molar-refractivity contribution is 7.21. The summed E-state index contributed by atoms with van der Waals surface area (Å²) < 4.78 is 13.0. The van der Waals surface area contributed by atoms with Gasteiger partial charge in [0.2, 0.25) is 5.78 Å². The van der Waals surface area contributed by atoms with Crippen LogP contribution in [0.3, 0.4) is 0 Å². The van der Waals surface area contributed by atoms with E-state index in [1.807, 2.05) is 55.5 Å². The Morgan fingerprint density at radius 3 is 2.36 bits per heavy atom. The molecule has 0 N–H and O–H groups in total. The molecule has 5 rings (SSSR count). The van der Waals surface area contributed by atoms with Crippen LogP contribution < -0.4 is 9.47 Å². The molecule has 1 heterocycles. The van der Waals surface area contributed by atoms with Gasteiger partial charge in [0, 0.05) is 21.2 Å². The molecular formula is C29H28O3S. The number of hydrogen-bond donors (Lipinski definition) is 0. The third-order valence-electron chi connectivity index (χ3n) is 6.21. The lowest BCUT2D eigenvalue weighted by Crippen LogP contribution is -2.19. The second-order valence-corrected chi connectivity index (χ2v) is 9.55. The van der Waals surface area contributed by atoms with Gasteiger partial charge >= 0.3 is 0 Å². The number of benzene rings is 3. The van der Waals surface area contributed by atoms with Crippen molar-refractivity contribution in [3.63, 3.8) is 0 Å². The average molecular weight is 457 g/mol. The van der Waals surface area contributed by atoms with E-state index in [-0.39, 0.29) is 5.78 Å². The summed E-state index contributed by atoms with van der Waals surface area (Å²) in [5.74, 6) is 1.71. The highest BCUT2D eigenvalue weighted by atomic mass is 32.1. The fraction of sp³-hybridized carbons (Fsp3) is 0.276. The zero-order valence-electron chi connectivity index (χ0n) is 18.9. The molecule has 0 unspecified atom stereocenters. The maximum absolute atomic E-state index is 13.7. The molecule has 1 aliphatic rings. The molecule has 4 heteroatoms. The largest absolute Gasteiger partial charge is 0.494 e. The van der Waals surface area contributed by atoms with Crippen LogP contribution in [0, 0.1) is 0 Å². The van der Waals surface area contributed by atoms with Crippen molar-refractivity contribution in [3.05, 3.63) is 83.2 Å². The van der Waals surface area contributed by atoms with E-state index in [4.69, 9.17) is 9.47 Å². The van der Waals surface area contributed by atoms with Crippen molar-refractivity contribution in [2.45, 2.75) is 45.1 Å². The van der Waals surface area contributed by atoms with Gasteiger partial charge in [-0.3, -0.25) is 4.79 Å². The van der Waals surface area contributed by atoms with Gasteiger partial charge in [0.25, 0.3) is 0 Å². The van der Waals surface area contributed by atoms with E-state index in [9.17, 15) is 4.79 Å². The van der Waals surface area contributed by atoms with Crippen LogP contribution in [0.25, 0.3) is 21.2 Å². The Bertz CT molecular complexity index is 1240. The lowest BCUT2D eigenvalue weighted by Gasteiger charge is -2.23. The Labute approximate surface area is 199 Å². The smallest absolute Gasteiger partial charge is 0.203 e. The Balaban J connectivity index is 1.50. The van der Waals surface area contributed by atoms with Crippen molar-refractivity contribution in [1.29, 1.82) is 0 Å². The molecule has 4 aromatic rings. The summed E-state index contributed by atoms with van der Waals surface area (Å²) in [6.07, 6.45) is 6.31. The molecule has 1 aromatic heterocycles. The summed E-state index contributed by atoms with van der Waals surface area (Å²) in [7, 11) is 0. The van der Waals surface area contributed by atoms with Crippen molar-refractivity contribution in [2.24, 2.45) is 0 Å². The van der Waals surface area contributed by atoms with Crippen LogP contribution >= 0.6 is 11.3 Å². The van der Waals surface area contributed by atoms with Crippen LogP contribution in [0.2, 0.25) is 0 Å². The van der Waals surface area contributed by atoms with Gasteiger partial charge in [-0.15, -0.1) is 11.3 Å². The molecule has 0 radical (unpaired) electrons. The van der Waals surface area contributed by atoms with Gasteiger partial charge < -0.3 is 9.47 Å². The summed E-state index contributed by atoms with van der Waals surface area (Å²) in [6, 6.07) is 23.9. The average Bonchev–Trinajstić information content (AvgIpc) is 3.24. The normalized spacial score (nSPS) is 14.3. The number of carbonyl (C=O) groups is 1. The van der Waals surface area contributed by atoms with Crippen LogP contribution in [0.5, 0.6) is 11.5 Å². The predicted molar refractivity (Wildman–Crippen MR) is 136 cm³/mol. The van der Waals surface area contributed by atoms with Gasteiger partial charge in [-0.05, 0) is 80.6 Å². The molecule has 0 aliphatic heterocycles. The Morgan fingerprint density at radius 2 is 1.64 bits per heavy atom. The van der Waals surface area contributed by atoms with Crippen molar-refractivity contribution in [3.8, 4) is 22.6 Å². The lowest BCUT2D eigenvalue weighted by atomic mass is 9.97. The van der Waals surface area contributed by atoms with Crippen LogP contribution in [-0.2, 0) is 0 Å². The molecule has 0 saturated heterocycles. The highest BCUT2D eigenvalue weighted by Crippen LogP contribution is 2.41. The van der Waals surface area contributed by atoms with Crippen molar-refractivity contribution in [2.75, 3.05) is 6.61 Å². The third-order valence-corrected chi connectivity index (χ3v) is 7.38. The number of ether oxygens (including phenoxy) is 2. The number of ketones is 1. The second-order valence-electron chi connectivity index (χ2n) is 8.49. The number of hydrogen-bond acceptors (Lipinski definition) is 4. The molecule has 0 atom stereocenters. The summed E-state index contributed by atoms with van der Waals surface area (Å²) >= 11 is 1.54. The number of thiophene rings is 1. The van der Waals surface area contributed by atoms with Crippen molar-refractivity contribution in [1.82, 2.24) is 0 Å². The molecule has 1 saturated carbocycles. The van der Waals surface area contributed by atoms with Crippen LogP contribution in [0.4, 0.5) is 0 Å². The zero-order chi connectivity index (χ0) is 22.6. The molecule has 0 bridgehead atoms. The number of rotatable bonds is 7. The zero-order valence-corrected chi connectivity index (χ0v) is 19.7. The molecule has 168 valence electrons. The summed E-state index contributed by atoms with van der Waals surface area (Å²) in [4.78, 5) is 14.4. The molecule has 33 heavy (non-hydrogen) atoms. The predicted octanol–water partition coefficient (Wildman–Crippen LogP) is 7.91. The molecule has 3 aromatic carbocycles. The van der Waals surface area contributed by atoms with E-state index in [1.54, 1.807) is 11.3 Å². The fourth-order valence-electron chi connectivity index (χ4n) is 4.58. The lowest BCUT2D eigenvalue weighted by molar-refractivity contribution is 0.104. The van der Waals surface area contributed by atoms with E-state index >= 15 is 0 Å². The van der Waals surface area contributed by atoms with Gasteiger partial charge in [-0.25, -0.2) is 0 Å². The van der Waals surface area contributed by atoms with Gasteiger partial charge in [0.05, 0.1) is 17.6 Å². The Hall–Kier alpha value is -3.11. The standard InChI is InChI=1S/C29H28O3S/c1-2-31-24-17-18-26-25(19-24)27(20-9-5-3-6-10-20)29(33-26)28(30)21-13-15-23(16-14-21)32-22-11-7-4-8-12-22/h3,5-6,9-10,13-19,22H,2,4,7-8,11-12H2,1H3. The van der Waals surface area contributed by atoms with Gasteiger partial charge in [0.15, 0.2) is 0 Å². The first kappa shape index (κ1) is 21.7. The first-order valence-corrected chi connectivity index (χ1v) is 12.6. The van der Waals surface area contributed by atoms with Crippen LogP contribution in [0.1, 0.15) is 54.3 Å². The first-order valence-electron chi connectivity index (χ1n) is 11.8. The Kier molecular flexibility index (Phi) is 6.45. The number of fused-ring (bicyclic) bond motifs is 1. The molecule has 0 spiro atoms. The fourth-order valence-corrected chi connectivity index (χ4v) is 5.74. The van der Waals surface area contributed by atoms with Crippen LogP contribution in [0.15, 0.2) is 72.8 Å². The van der Waals surface area contributed by atoms with Crippen molar-refractivity contribution >= 4 is 27.2 Å². The second kappa shape index (κ2) is 9.80. The molecule has 1 fully saturated rings. The molecule has 0 amide bonds. The SMILES string of the molecule is CCOc1ccc2sc(C(=O)c3ccc(OC4CCCCC4)cc3)c(-c3ccccc3)c2c1. The highest BCUT2D eigenvalue weighted by Gasteiger charge is 2.22. The topological polar surface area (TPSA) is 35.5 Å². The third kappa shape index (κ3) is 4.67. The maximum atomic E-state index is 13.7. The molecule has 3 nitrogen and oxygen atoms in total. The minimum Gasteiger partial charge on any atom is -0.494 e. The quantitative estimate of drug-likeness (QED) is 0.265. The monoisotopic (exact) mass is 456 g/mol. The van der Waals surface area contributed by atoms with E-state index < -0.39 is 0 Å². The minimum atomic E-state index is 0.0391. The van der Waals surface area contributed by atoms with E-state index in [0.717, 1.165) is 50.4 Å². The Morgan fingerprint density at radius 1 is 0.909 bits per heavy atom. The van der Waals surface area contributed by atoms with E-state index in [2.05, 4.69) is 24.3 Å². The maximum Gasteiger partial charge on any atom is 0.203 e. The van der Waals surface area contributed by atoms with Crippen LogP contribution in [-0.4, -0.2) is 18.5 Å². The van der Waals surface area contributed by atoms with E-state index in [1.165, 1.54) is 19.3 Å². The van der Waals surface area contributed by atoms with Gasteiger partial charge in [-0.1, -0.05) is 36.8 Å². The van der Waals surface area contributed by atoms with Gasteiger partial charge in [-0.2, -0.15) is 0 Å². The molecule has 1 aliphatic carbocycles. The molecular weight excluding hydrogens is 428 g/mol. The summed E-state index contributed by atoms with van der Waals surface area (Å²) in [6.45, 7) is 2.59. The van der Waals surface area contributed by atoms with E-state index in [0.29, 0.717) is 18.3 Å². The number of carbonyl (C=O) groups excluding carboxylic acids is 1. The van der Waals surface area contributed by atoms with Gasteiger partial charge in [0.1, 0.15) is 11.5 Å². The summed E-state index contributed by atoms with van der Waals surface area (Å²) in [5.41, 5.74) is 2.70. The summed E-state index contributed by atoms with van der Waals surface area (Å²) in [5, 5.41) is 1.05. The van der Waals surface area contributed by atoms with Crippen molar-refractivity contribution < 1.29 is 14.3 Å². The minimum absolute atomic E-state index is 0.0391.